The highest BCUT2D eigenvalue weighted by Gasteiger charge is 2.27. The monoisotopic (exact) mass is 359 g/mol. The lowest BCUT2D eigenvalue weighted by atomic mass is 9.96. The molecule has 1 N–H and O–H groups in total. The van der Waals surface area contributed by atoms with Crippen LogP contribution in [0.25, 0.3) is 0 Å². The summed E-state index contributed by atoms with van der Waals surface area (Å²) in [6.07, 6.45) is 2.11. The van der Waals surface area contributed by atoms with Crippen LogP contribution in [0.2, 0.25) is 0 Å². The number of benzene rings is 1. The number of hydrogen-bond donors (Lipinski definition) is 1. The zero-order valence-electron chi connectivity index (χ0n) is 16.0. The fraction of sp³-hybridized carbons (Fsp3) is 0.550. The summed E-state index contributed by atoms with van der Waals surface area (Å²) < 4.78 is 0. The summed E-state index contributed by atoms with van der Waals surface area (Å²) in [6.45, 7) is 8.30. The van der Waals surface area contributed by atoms with E-state index in [0.717, 1.165) is 19.4 Å². The average molecular weight is 359 g/mol. The maximum absolute atomic E-state index is 12.5. The van der Waals surface area contributed by atoms with E-state index in [4.69, 9.17) is 0 Å². The number of piperidine rings is 1. The number of carbonyl (C=O) groups excluding carboxylic acids is 3. The molecule has 1 aliphatic rings. The molecule has 2 rings (SSSR count). The van der Waals surface area contributed by atoms with E-state index in [0.29, 0.717) is 37.3 Å². The standard InChI is InChI=1S/C20H29N3O3/c1-4-18(24)23-13-7-8-16(14-23)19(25)21-17-11-9-15(10-12-17)20(26)22(5-2)6-3/h9-12,16H,4-8,13-14H2,1-3H3,(H,21,25). The van der Waals surface area contributed by atoms with Crippen molar-refractivity contribution in [3.63, 3.8) is 0 Å². The van der Waals surface area contributed by atoms with Crippen LogP contribution in [0, 0.1) is 5.92 Å². The normalized spacial score (nSPS) is 16.9. The van der Waals surface area contributed by atoms with Gasteiger partial charge >= 0.3 is 0 Å². The molecule has 1 unspecified atom stereocenters. The summed E-state index contributed by atoms with van der Waals surface area (Å²) in [7, 11) is 0. The van der Waals surface area contributed by atoms with E-state index in [1.165, 1.54) is 0 Å². The van der Waals surface area contributed by atoms with Crippen LogP contribution in [0.4, 0.5) is 5.69 Å². The van der Waals surface area contributed by atoms with Crippen LogP contribution in [0.1, 0.15) is 50.4 Å². The predicted octanol–water partition coefficient (Wildman–Crippen LogP) is 2.76. The van der Waals surface area contributed by atoms with Crippen LogP contribution < -0.4 is 5.32 Å². The average Bonchev–Trinajstić information content (AvgIpc) is 2.68. The third-order valence-corrected chi connectivity index (χ3v) is 4.90. The molecule has 3 amide bonds. The summed E-state index contributed by atoms with van der Waals surface area (Å²) in [5, 5.41) is 2.91. The zero-order valence-corrected chi connectivity index (χ0v) is 16.0. The number of nitrogens with zero attached hydrogens (tertiary/aromatic N) is 2. The first-order valence-electron chi connectivity index (χ1n) is 9.48. The van der Waals surface area contributed by atoms with E-state index in [1.807, 2.05) is 20.8 Å². The molecule has 1 heterocycles. The van der Waals surface area contributed by atoms with E-state index in [-0.39, 0.29) is 23.6 Å². The third kappa shape index (κ3) is 4.84. The summed E-state index contributed by atoms with van der Waals surface area (Å²) in [4.78, 5) is 40.2. The molecule has 0 bridgehead atoms. The Balaban J connectivity index is 1.97. The van der Waals surface area contributed by atoms with Crippen LogP contribution >= 0.6 is 0 Å². The lowest BCUT2D eigenvalue weighted by molar-refractivity contribution is -0.134. The second-order valence-electron chi connectivity index (χ2n) is 6.58. The number of rotatable bonds is 6. The van der Waals surface area contributed by atoms with Gasteiger partial charge in [0.25, 0.3) is 5.91 Å². The minimum absolute atomic E-state index is 0.00567. The molecule has 1 saturated heterocycles. The lowest BCUT2D eigenvalue weighted by Gasteiger charge is -2.31. The number of anilines is 1. The topological polar surface area (TPSA) is 69.7 Å². The molecule has 0 radical (unpaired) electrons. The van der Waals surface area contributed by atoms with Crippen molar-refractivity contribution >= 4 is 23.4 Å². The van der Waals surface area contributed by atoms with Crippen molar-refractivity contribution in [1.82, 2.24) is 9.80 Å². The van der Waals surface area contributed by atoms with Gasteiger partial charge in [-0.3, -0.25) is 14.4 Å². The smallest absolute Gasteiger partial charge is 0.253 e. The van der Waals surface area contributed by atoms with Gasteiger partial charge in [0.05, 0.1) is 5.92 Å². The fourth-order valence-corrected chi connectivity index (χ4v) is 3.28. The summed E-state index contributed by atoms with van der Waals surface area (Å²) in [5.41, 5.74) is 1.29. The van der Waals surface area contributed by atoms with Crippen molar-refractivity contribution in [2.45, 2.75) is 40.0 Å². The molecule has 1 aromatic carbocycles. The minimum Gasteiger partial charge on any atom is -0.342 e. The summed E-state index contributed by atoms with van der Waals surface area (Å²) >= 11 is 0. The van der Waals surface area contributed by atoms with Gasteiger partial charge in [-0.05, 0) is 51.0 Å². The van der Waals surface area contributed by atoms with Gasteiger partial charge in [-0.1, -0.05) is 6.92 Å². The Kier molecular flexibility index (Phi) is 7.18. The Labute approximate surface area is 155 Å². The van der Waals surface area contributed by atoms with E-state index in [9.17, 15) is 14.4 Å². The molecule has 1 atom stereocenters. The van der Waals surface area contributed by atoms with Gasteiger partial charge in [0.2, 0.25) is 11.8 Å². The quantitative estimate of drug-likeness (QED) is 0.849. The molecule has 142 valence electrons. The molecule has 0 aromatic heterocycles. The zero-order chi connectivity index (χ0) is 19.1. The molecular formula is C20H29N3O3. The molecular weight excluding hydrogens is 330 g/mol. The van der Waals surface area contributed by atoms with Gasteiger partial charge in [0.1, 0.15) is 0 Å². The summed E-state index contributed by atoms with van der Waals surface area (Å²) in [6, 6.07) is 6.99. The summed E-state index contributed by atoms with van der Waals surface area (Å²) in [5.74, 6) is -0.159. The first-order valence-corrected chi connectivity index (χ1v) is 9.48. The van der Waals surface area contributed by atoms with Crippen molar-refractivity contribution in [1.29, 1.82) is 0 Å². The van der Waals surface area contributed by atoms with Crippen LogP contribution in [-0.4, -0.2) is 53.7 Å². The highest BCUT2D eigenvalue weighted by Crippen LogP contribution is 2.20. The highest BCUT2D eigenvalue weighted by atomic mass is 16.2. The van der Waals surface area contributed by atoms with E-state index >= 15 is 0 Å². The molecule has 1 aromatic rings. The van der Waals surface area contributed by atoms with Gasteiger partial charge in [-0.25, -0.2) is 0 Å². The van der Waals surface area contributed by atoms with Crippen LogP contribution in [0.3, 0.4) is 0 Å². The Morgan fingerprint density at radius 3 is 2.35 bits per heavy atom. The van der Waals surface area contributed by atoms with Gasteiger partial charge in [0, 0.05) is 43.9 Å². The largest absolute Gasteiger partial charge is 0.342 e. The van der Waals surface area contributed by atoms with Crippen LogP contribution in [0.15, 0.2) is 24.3 Å². The maximum atomic E-state index is 12.5. The first kappa shape index (κ1) is 19.9. The van der Waals surface area contributed by atoms with Crippen molar-refractivity contribution < 1.29 is 14.4 Å². The predicted molar refractivity (Wildman–Crippen MR) is 102 cm³/mol. The number of likely N-dealkylation sites (tertiary alicyclic amines) is 1. The number of amides is 3. The number of carbonyl (C=O) groups is 3. The minimum atomic E-state index is -0.184. The molecule has 26 heavy (non-hydrogen) atoms. The Bertz CT molecular complexity index is 638. The van der Waals surface area contributed by atoms with E-state index < -0.39 is 0 Å². The first-order chi connectivity index (χ1) is 12.5. The fourth-order valence-electron chi connectivity index (χ4n) is 3.28. The van der Waals surface area contributed by atoms with Gasteiger partial charge in [-0.2, -0.15) is 0 Å². The van der Waals surface area contributed by atoms with Crippen molar-refractivity contribution in [3.05, 3.63) is 29.8 Å². The Morgan fingerprint density at radius 2 is 1.77 bits per heavy atom. The van der Waals surface area contributed by atoms with Crippen LogP contribution in [-0.2, 0) is 9.59 Å². The van der Waals surface area contributed by atoms with Gasteiger partial charge < -0.3 is 15.1 Å². The lowest BCUT2D eigenvalue weighted by Crippen LogP contribution is -2.43. The van der Waals surface area contributed by atoms with Crippen molar-refractivity contribution in [3.8, 4) is 0 Å². The SMILES string of the molecule is CCC(=O)N1CCCC(C(=O)Nc2ccc(C(=O)N(CC)CC)cc2)C1. The maximum Gasteiger partial charge on any atom is 0.253 e. The van der Waals surface area contributed by atoms with Crippen molar-refractivity contribution in [2.24, 2.45) is 5.92 Å². The molecule has 6 nitrogen and oxygen atoms in total. The molecule has 0 spiro atoms. The molecule has 0 saturated carbocycles. The molecule has 6 heteroatoms. The van der Waals surface area contributed by atoms with E-state index in [2.05, 4.69) is 5.32 Å². The molecule has 0 aliphatic carbocycles. The van der Waals surface area contributed by atoms with E-state index in [1.54, 1.807) is 34.1 Å². The van der Waals surface area contributed by atoms with Gasteiger partial charge in [-0.15, -0.1) is 0 Å². The highest BCUT2D eigenvalue weighted by molar-refractivity contribution is 5.96. The number of nitrogens with one attached hydrogen (secondary N) is 1. The molecule has 1 fully saturated rings. The Morgan fingerprint density at radius 1 is 1.12 bits per heavy atom. The molecule has 1 aliphatic heterocycles. The number of hydrogen-bond acceptors (Lipinski definition) is 3. The second-order valence-corrected chi connectivity index (χ2v) is 6.58. The van der Waals surface area contributed by atoms with Gasteiger partial charge in [0.15, 0.2) is 0 Å². The Hall–Kier alpha value is -2.37. The van der Waals surface area contributed by atoms with Crippen molar-refractivity contribution in [2.75, 3.05) is 31.5 Å². The third-order valence-electron chi connectivity index (χ3n) is 4.90. The second kappa shape index (κ2) is 9.36. The van der Waals surface area contributed by atoms with Crippen LogP contribution in [0.5, 0.6) is 0 Å².